The van der Waals surface area contributed by atoms with Crippen LogP contribution >= 0.6 is 0 Å². The highest BCUT2D eigenvalue weighted by molar-refractivity contribution is 6.22. The molecule has 33 heavy (non-hydrogen) atoms. The lowest BCUT2D eigenvalue weighted by molar-refractivity contribution is -0.122. The summed E-state index contributed by atoms with van der Waals surface area (Å²) in [6.45, 7) is 0. The Morgan fingerprint density at radius 1 is 0.636 bits per heavy atom. The van der Waals surface area contributed by atoms with Crippen molar-refractivity contribution in [2.24, 2.45) is 11.8 Å². The fourth-order valence-corrected chi connectivity index (χ4v) is 4.97. The van der Waals surface area contributed by atoms with E-state index >= 15 is 0 Å². The first-order valence-corrected chi connectivity index (χ1v) is 11.1. The number of hydrogen-bond acceptors (Lipinski definition) is 4. The summed E-state index contributed by atoms with van der Waals surface area (Å²) in [7, 11) is 0. The number of nitrogens with zero attached hydrogens (tertiary/aromatic N) is 3. The molecule has 6 rings (SSSR count). The first-order valence-electron chi connectivity index (χ1n) is 11.1. The number of carbonyl (C=O) groups excluding carboxylic acids is 2. The van der Waals surface area contributed by atoms with Crippen LogP contribution in [-0.2, 0) is 22.4 Å². The minimum absolute atomic E-state index is 0.131. The van der Waals surface area contributed by atoms with E-state index in [0.717, 1.165) is 28.1 Å². The van der Waals surface area contributed by atoms with E-state index in [1.54, 1.807) is 0 Å². The third-order valence-electron chi connectivity index (χ3n) is 6.58. The van der Waals surface area contributed by atoms with Gasteiger partial charge in [0.15, 0.2) is 5.82 Å². The Kier molecular flexibility index (Phi) is 4.61. The molecule has 0 radical (unpaired) electrons. The topological polar surface area (TPSA) is 63.2 Å². The van der Waals surface area contributed by atoms with Crippen LogP contribution in [0.2, 0.25) is 0 Å². The molecule has 0 spiro atoms. The lowest BCUT2D eigenvalue weighted by Crippen LogP contribution is -2.30. The zero-order valence-electron chi connectivity index (χ0n) is 17.9. The van der Waals surface area contributed by atoms with Crippen LogP contribution in [0.5, 0.6) is 0 Å². The highest BCUT2D eigenvalue weighted by atomic mass is 16.2. The SMILES string of the molecule is O=C1C2Cc3nc(-c4ccccc4)nc(-c4ccccc4)c3CC2C(=O)N1c1ccccc1. The van der Waals surface area contributed by atoms with E-state index in [0.29, 0.717) is 24.4 Å². The molecule has 1 aliphatic heterocycles. The summed E-state index contributed by atoms with van der Waals surface area (Å²) in [5.41, 5.74) is 5.22. The molecular formula is C28H21N3O2. The summed E-state index contributed by atoms with van der Waals surface area (Å²) >= 11 is 0. The minimum atomic E-state index is -0.396. The lowest BCUT2D eigenvalue weighted by Gasteiger charge is -2.25. The molecule has 5 heteroatoms. The third kappa shape index (κ3) is 3.24. The van der Waals surface area contributed by atoms with Gasteiger partial charge in [-0.05, 0) is 18.6 Å². The maximum Gasteiger partial charge on any atom is 0.238 e. The molecule has 0 N–H and O–H groups in total. The fourth-order valence-electron chi connectivity index (χ4n) is 4.97. The Labute approximate surface area is 191 Å². The van der Waals surface area contributed by atoms with Gasteiger partial charge in [-0.1, -0.05) is 78.9 Å². The normalized spacial score (nSPS) is 19.3. The zero-order valence-corrected chi connectivity index (χ0v) is 17.9. The molecule has 5 nitrogen and oxygen atoms in total. The number of aromatic nitrogens is 2. The molecule has 2 aliphatic rings. The summed E-state index contributed by atoms with van der Waals surface area (Å²) in [5, 5.41) is 0. The zero-order chi connectivity index (χ0) is 22.4. The summed E-state index contributed by atoms with van der Waals surface area (Å²) in [4.78, 5) is 37.9. The average molecular weight is 431 g/mol. The number of para-hydroxylation sites is 1. The van der Waals surface area contributed by atoms with Crippen LogP contribution < -0.4 is 4.90 Å². The number of amides is 2. The van der Waals surface area contributed by atoms with E-state index in [2.05, 4.69) is 0 Å². The monoisotopic (exact) mass is 431 g/mol. The average Bonchev–Trinajstić information content (AvgIpc) is 3.12. The fraction of sp³-hybridized carbons (Fsp3) is 0.143. The van der Waals surface area contributed by atoms with Crippen molar-refractivity contribution in [1.82, 2.24) is 9.97 Å². The van der Waals surface area contributed by atoms with Crippen molar-refractivity contribution < 1.29 is 9.59 Å². The van der Waals surface area contributed by atoms with Gasteiger partial charge in [0.25, 0.3) is 0 Å². The van der Waals surface area contributed by atoms with Gasteiger partial charge in [-0.2, -0.15) is 0 Å². The van der Waals surface area contributed by atoms with Gasteiger partial charge in [-0.3, -0.25) is 14.5 Å². The quantitative estimate of drug-likeness (QED) is 0.441. The Bertz CT molecular complexity index is 1350. The molecule has 1 saturated heterocycles. The Hall–Kier alpha value is -4.12. The molecule has 2 heterocycles. The van der Waals surface area contributed by atoms with Gasteiger partial charge in [0.1, 0.15) is 0 Å². The molecule has 1 fully saturated rings. The summed E-state index contributed by atoms with van der Waals surface area (Å²) in [6.07, 6.45) is 0.906. The van der Waals surface area contributed by atoms with E-state index in [4.69, 9.17) is 9.97 Å². The van der Waals surface area contributed by atoms with Crippen molar-refractivity contribution in [2.75, 3.05) is 4.90 Å². The molecule has 0 saturated carbocycles. The number of benzene rings is 3. The molecule has 1 aromatic heterocycles. The van der Waals surface area contributed by atoms with E-state index < -0.39 is 5.92 Å². The maximum absolute atomic E-state index is 13.4. The lowest BCUT2D eigenvalue weighted by atomic mass is 9.78. The van der Waals surface area contributed by atoms with Crippen molar-refractivity contribution in [3.05, 3.63) is 102 Å². The first-order chi connectivity index (χ1) is 16.2. The van der Waals surface area contributed by atoms with Crippen LogP contribution in [0.15, 0.2) is 91.0 Å². The molecule has 2 unspecified atom stereocenters. The molecule has 2 atom stereocenters. The molecule has 3 aromatic carbocycles. The highest BCUT2D eigenvalue weighted by Crippen LogP contribution is 2.42. The second-order valence-corrected chi connectivity index (χ2v) is 8.52. The molecule has 1 aliphatic carbocycles. The Balaban J connectivity index is 1.47. The number of imide groups is 1. The second-order valence-electron chi connectivity index (χ2n) is 8.52. The minimum Gasteiger partial charge on any atom is -0.274 e. The van der Waals surface area contributed by atoms with Crippen LogP contribution in [0.25, 0.3) is 22.6 Å². The van der Waals surface area contributed by atoms with Gasteiger partial charge in [0.05, 0.1) is 23.2 Å². The summed E-state index contributed by atoms with van der Waals surface area (Å²) < 4.78 is 0. The van der Waals surface area contributed by atoms with Crippen LogP contribution in [0.1, 0.15) is 11.3 Å². The van der Waals surface area contributed by atoms with Crippen molar-refractivity contribution in [1.29, 1.82) is 0 Å². The number of hydrogen-bond donors (Lipinski definition) is 0. The van der Waals surface area contributed by atoms with Crippen LogP contribution in [0.4, 0.5) is 5.69 Å². The van der Waals surface area contributed by atoms with E-state index in [1.807, 2.05) is 91.0 Å². The Morgan fingerprint density at radius 3 is 1.82 bits per heavy atom. The molecule has 160 valence electrons. The van der Waals surface area contributed by atoms with Gasteiger partial charge < -0.3 is 0 Å². The van der Waals surface area contributed by atoms with Crippen LogP contribution in [0, 0.1) is 11.8 Å². The highest BCUT2D eigenvalue weighted by Gasteiger charge is 2.51. The van der Waals surface area contributed by atoms with Gasteiger partial charge in [-0.25, -0.2) is 9.97 Å². The second kappa shape index (κ2) is 7.78. The van der Waals surface area contributed by atoms with Gasteiger partial charge in [0.2, 0.25) is 11.8 Å². The van der Waals surface area contributed by atoms with Gasteiger partial charge in [-0.15, -0.1) is 0 Å². The molecular weight excluding hydrogens is 410 g/mol. The Morgan fingerprint density at radius 2 is 1.18 bits per heavy atom. The predicted molar refractivity (Wildman–Crippen MR) is 126 cm³/mol. The largest absolute Gasteiger partial charge is 0.274 e. The van der Waals surface area contributed by atoms with Crippen molar-refractivity contribution in [2.45, 2.75) is 12.8 Å². The van der Waals surface area contributed by atoms with E-state index in [9.17, 15) is 9.59 Å². The van der Waals surface area contributed by atoms with Crippen LogP contribution in [0.3, 0.4) is 0 Å². The number of rotatable bonds is 3. The van der Waals surface area contributed by atoms with Crippen LogP contribution in [-0.4, -0.2) is 21.8 Å². The number of fused-ring (bicyclic) bond motifs is 2. The van der Waals surface area contributed by atoms with Gasteiger partial charge in [0, 0.05) is 28.8 Å². The standard InChI is InChI=1S/C28H21N3O2/c32-27-21-16-23-24(17-22(21)28(33)31(27)20-14-8-3-9-15-20)29-26(19-12-6-2-7-13-19)30-25(23)18-10-4-1-5-11-18/h1-15,21-22H,16-17H2. The predicted octanol–water partition coefficient (Wildman–Crippen LogP) is 4.72. The molecule has 2 amide bonds. The van der Waals surface area contributed by atoms with Gasteiger partial charge >= 0.3 is 0 Å². The van der Waals surface area contributed by atoms with Crippen molar-refractivity contribution in [3.63, 3.8) is 0 Å². The third-order valence-corrected chi connectivity index (χ3v) is 6.58. The number of carbonyl (C=O) groups is 2. The maximum atomic E-state index is 13.4. The number of anilines is 1. The van der Waals surface area contributed by atoms with Crippen molar-refractivity contribution >= 4 is 17.5 Å². The van der Waals surface area contributed by atoms with E-state index in [-0.39, 0.29) is 17.7 Å². The first kappa shape index (κ1) is 19.6. The summed E-state index contributed by atoms with van der Waals surface area (Å²) in [6, 6.07) is 29.1. The summed E-state index contributed by atoms with van der Waals surface area (Å²) in [5.74, 6) is -0.412. The smallest absolute Gasteiger partial charge is 0.238 e. The van der Waals surface area contributed by atoms with Crippen molar-refractivity contribution in [3.8, 4) is 22.6 Å². The molecule has 4 aromatic rings. The molecule has 0 bridgehead atoms. The van der Waals surface area contributed by atoms with E-state index in [1.165, 1.54) is 4.90 Å².